The van der Waals surface area contributed by atoms with Crippen molar-refractivity contribution in [1.29, 1.82) is 0 Å². The van der Waals surface area contributed by atoms with E-state index in [0.717, 1.165) is 22.5 Å². The fourth-order valence-corrected chi connectivity index (χ4v) is 2.90. The first-order valence-corrected chi connectivity index (χ1v) is 8.07. The molecule has 0 aliphatic carbocycles. The normalized spacial score (nSPS) is 10.8. The van der Waals surface area contributed by atoms with Gasteiger partial charge in [0.15, 0.2) is 5.75 Å². The summed E-state index contributed by atoms with van der Waals surface area (Å²) in [6.07, 6.45) is 0. The minimum absolute atomic E-state index is 0.0363. The second kappa shape index (κ2) is 6.80. The molecule has 0 aliphatic rings. The zero-order valence-electron chi connectivity index (χ0n) is 14.4. The van der Waals surface area contributed by atoms with Gasteiger partial charge in [-0.1, -0.05) is 12.1 Å². The summed E-state index contributed by atoms with van der Waals surface area (Å²) in [5, 5.41) is 14.3. The molecule has 1 heterocycles. The topological polar surface area (TPSA) is 82.2 Å². The molecule has 3 aromatic rings. The van der Waals surface area contributed by atoms with Crippen LogP contribution >= 0.6 is 0 Å². The van der Waals surface area contributed by atoms with Gasteiger partial charge in [0.25, 0.3) is 0 Å². The lowest BCUT2D eigenvalue weighted by Gasteiger charge is -2.10. The quantitative estimate of drug-likeness (QED) is 0.545. The highest BCUT2D eigenvalue weighted by Crippen LogP contribution is 2.30. The van der Waals surface area contributed by atoms with E-state index in [1.54, 1.807) is 19.1 Å². The molecule has 0 bridgehead atoms. The number of nitro benzene ring substituents is 1. The van der Waals surface area contributed by atoms with E-state index < -0.39 is 4.92 Å². The number of hydrogen-bond acceptors (Lipinski definition) is 5. The third-order valence-corrected chi connectivity index (χ3v) is 4.10. The molecule has 0 saturated carbocycles. The minimum Gasteiger partial charge on any atom is -0.487 e. The number of fused-ring (bicyclic) bond motifs is 1. The summed E-state index contributed by atoms with van der Waals surface area (Å²) in [4.78, 5) is 15.3. The van der Waals surface area contributed by atoms with Crippen molar-refractivity contribution in [1.82, 2.24) is 9.55 Å². The first kappa shape index (κ1) is 16.8. The maximum absolute atomic E-state index is 11.1. The Balaban J connectivity index is 1.84. The van der Waals surface area contributed by atoms with Crippen LogP contribution in [0.15, 0.2) is 36.4 Å². The van der Waals surface area contributed by atoms with Crippen molar-refractivity contribution in [3.8, 4) is 5.75 Å². The predicted octanol–water partition coefficient (Wildman–Crippen LogP) is 3.80. The van der Waals surface area contributed by atoms with Gasteiger partial charge in [-0.05, 0) is 31.5 Å². The number of nitrogens with zero attached hydrogens (tertiary/aromatic N) is 3. The van der Waals surface area contributed by atoms with E-state index in [-0.39, 0.29) is 11.4 Å². The van der Waals surface area contributed by atoms with E-state index >= 15 is 0 Å². The van der Waals surface area contributed by atoms with Gasteiger partial charge in [-0.15, -0.1) is 0 Å². The molecule has 0 atom stereocenters. The van der Waals surface area contributed by atoms with E-state index in [0.29, 0.717) is 13.2 Å². The van der Waals surface area contributed by atoms with Gasteiger partial charge in [0.1, 0.15) is 5.82 Å². The molecule has 0 aliphatic heterocycles. The summed E-state index contributed by atoms with van der Waals surface area (Å²) in [7, 11) is 1.99. The van der Waals surface area contributed by atoms with E-state index in [1.165, 1.54) is 11.6 Å². The highest BCUT2D eigenvalue weighted by atomic mass is 16.6. The van der Waals surface area contributed by atoms with Crippen molar-refractivity contribution in [2.45, 2.75) is 20.4 Å². The average Bonchev–Trinajstić information content (AvgIpc) is 2.90. The Hall–Kier alpha value is -3.09. The van der Waals surface area contributed by atoms with Gasteiger partial charge < -0.3 is 14.6 Å². The number of benzene rings is 2. The fourth-order valence-electron chi connectivity index (χ4n) is 2.90. The largest absolute Gasteiger partial charge is 0.487 e. The van der Waals surface area contributed by atoms with E-state index in [2.05, 4.69) is 27.9 Å². The smallest absolute Gasteiger partial charge is 0.311 e. The molecule has 7 nitrogen and oxygen atoms in total. The van der Waals surface area contributed by atoms with Crippen LogP contribution in [-0.4, -0.2) is 21.1 Å². The van der Waals surface area contributed by atoms with Gasteiger partial charge in [0.05, 0.1) is 29.1 Å². The Morgan fingerprint density at radius 3 is 2.80 bits per heavy atom. The maximum atomic E-state index is 11.1. The summed E-state index contributed by atoms with van der Waals surface area (Å²) >= 11 is 0. The molecule has 3 rings (SSSR count). The standard InChI is InChI=1S/C18H20N4O3/c1-4-25-16-10-13(8-9-15(16)22(23)24)19-11-17-20-14-7-5-6-12(2)18(14)21(17)3/h5-10,19H,4,11H2,1-3H3. The number of aryl methyl sites for hydroxylation is 2. The Morgan fingerprint density at radius 1 is 1.32 bits per heavy atom. The monoisotopic (exact) mass is 340 g/mol. The number of rotatable bonds is 6. The van der Waals surface area contributed by atoms with Crippen LogP contribution in [-0.2, 0) is 13.6 Å². The van der Waals surface area contributed by atoms with Crippen molar-refractivity contribution in [2.24, 2.45) is 7.05 Å². The van der Waals surface area contributed by atoms with E-state index in [1.807, 2.05) is 19.2 Å². The van der Waals surface area contributed by atoms with Gasteiger partial charge >= 0.3 is 5.69 Å². The van der Waals surface area contributed by atoms with Crippen LogP contribution in [0.5, 0.6) is 5.75 Å². The Labute approximate surface area is 145 Å². The van der Waals surface area contributed by atoms with Crippen LogP contribution in [0.3, 0.4) is 0 Å². The number of ether oxygens (including phenoxy) is 1. The molecule has 0 fully saturated rings. The van der Waals surface area contributed by atoms with Gasteiger partial charge in [-0.2, -0.15) is 0 Å². The van der Waals surface area contributed by atoms with Crippen molar-refractivity contribution in [2.75, 3.05) is 11.9 Å². The molecule has 1 N–H and O–H groups in total. The summed E-state index contributed by atoms with van der Waals surface area (Å²) in [5.74, 6) is 1.15. The molecule has 130 valence electrons. The van der Waals surface area contributed by atoms with Crippen LogP contribution in [0.4, 0.5) is 11.4 Å². The van der Waals surface area contributed by atoms with Gasteiger partial charge in [0.2, 0.25) is 0 Å². The number of aromatic nitrogens is 2. The number of imidazole rings is 1. The number of para-hydroxylation sites is 1. The molecule has 0 radical (unpaired) electrons. The molecule has 0 amide bonds. The SMILES string of the molecule is CCOc1cc(NCc2nc3cccc(C)c3n2C)ccc1[N+](=O)[O-]. The number of nitro groups is 1. The van der Waals surface area contributed by atoms with Crippen LogP contribution in [0.1, 0.15) is 18.3 Å². The Morgan fingerprint density at radius 2 is 2.12 bits per heavy atom. The van der Waals surface area contributed by atoms with Crippen LogP contribution in [0.2, 0.25) is 0 Å². The average molecular weight is 340 g/mol. The molecule has 0 unspecified atom stereocenters. The first-order valence-electron chi connectivity index (χ1n) is 8.07. The lowest BCUT2D eigenvalue weighted by molar-refractivity contribution is -0.385. The fraction of sp³-hybridized carbons (Fsp3) is 0.278. The molecule has 0 saturated heterocycles. The second-order valence-electron chi connectivity index (χ2n) is 5.76. The Kier molecular flexibility index (Phi) is 4.56. The molecular weight excluding hydrogens is 320 g/mol. The molecule has 7 heteroatoms. The summed E-state index contributed by atoms with van der Waals surface area (Å²) < 4.78 is 7.44. The second-order valence-corrected chi connectivity index (χ2v) is 5.76. The molecule has 2 aromatic carbocycles. The molecule has 0 spiro atoms. The van der Waals surface area contributed by atoms with Gasteiger partial charge in [-0.25, -0.2) is 4.98 Å². The maximum Gasteiger partial charge on any atom is 0.311 e. The van der Waals surface area contributed by atoms with E-state index in [9.17, 15) is 10.1 Å². The van der Waals surface area contributed by atoms with Gasteiger partial charge in [-0.3, -0.25) is 10.1 Å². The predicted molar refractivity (Wildman–Crippen MR) is 97.0 cm³/mol. The molecule has 25 heavy (non-hydrogen) atoms. The van der Waals surface area contributed by atoms with Crippen LogP contribution in [0.25, 0.3) is 11.0 Å². The van der Waals surface area contributed by atoms with Crippen LogP contribution < -0.4 is 10.1 Å². The number of anilines is 1. The lowest BCUT2D eigenvalue weighted by atomic mass is 10.2. The lowest BCUT2D eigenvalue weighted by Crippen LogP contribution is -2.07. The first-order chi connectivity index (χ1) is 12.0. The zero-order chi connectivity index (χ0) is 18.0. The van der Waals surface area contributed by atoms with Crippen LogP contribution in [0, 0.1) is 17.0 Å². The van der Waals surface area contributed by atoms with Crippen molar-refractivity contribution in [3.63, 3.8) is 0 Å². The highest BCUT2D eigenvalue weighted by molar-refractivity contribution is 5.79. The van der Waals surface area contributed by atoms with E-state index in [4.69, 9.17) is 4.74 Å². The summed E-state index contributed by atoms with van der Waals surface area (Å²) in [5.41, 5.74) is 3.95. The highest BCUT2D eigenvalue weighted by Gasteiger charge is 2.16. The van der Waals surface area contributed by atoms with Crippen molar-refractivity contribution >= 4 is 22.4 Å². The minimum atomic E-state index is -0.441. The molecule has 1 aromatic heterocycles. The third-order valence-electron chi connectivity index (χ3n) is 4.10. The number of hydrogen-bond donors (Lipinski definition) is 1. The van der Waals surface area contributed by atoms with Gasteiger partial charge in [0, 0.05) is 24.9 Å². The number of nitrogens with one attached hydrogen (secondary N) is 1. The molecular formula is C18H20N4O3. The summed E-state index contributed by atoms with van der Waals surface area (Å²) in [6, 6.07) is 10.8. The van der Waals surface area contributed by atoms with Crippen molar-refractivity contribution < 1.29 is 9.66 Å². The third kappa shape index (κ3) is 3.26. The van der Waals surface area contributed by atoms with Crippen molar-refractivity contribution in [3.05, 3.63) is 57.9 Å². The zero-order valence-corrected chi connectivity index (χ0v) is 14.4. The Bertz CT molecular complexity index is 933. The summed E-state index contributed by atoms with van der Waals surface area (Å²) in [6.45, 7) is 4.74.